The van der Waals surface area contributed by atoms with Crippen LogP contribution in [0, 0.1) is 5.82 Å². The molecule has 0 saturated heterocycles. The van der Waals surface area contributed by atoms with Crippen LogP contribution >= 0.6 is 0 Å². The number of ether oxygens (including phenoxy) is 2. The highest BCUT2D eigenvalue weighted by Gasteiger charge is 2.18. The van der Waals surface area contributed by atoms with E-state index < -0.39 is 15.7 Å². The van der Waals surface area contributed by atoms with Crippen molar-refractivity contribution in [2.24, 2.45) is 4.40 Å². The Morgan fingerprint density at radius 2 is 1.85 bits per heavy atom. The largest absolute Gasteiger partial charge is 0.497 e. The number of hydrogen-bond donors (Lipinski definition) is 0. The third-order valence-corrected chi connectivity index (χ3v) is 5.21. The summed E-state index contributed by atoms with van der Waals surface area (Å²) < 4.78 is 40.2. The second kappa shape index (κ2) is 9.76. The summed E-state index contributed by atoms with van der Waals surface area (Å²) in [7, 11) is 0.249. The monoisotopic (exact) mass is 391 g/mol. The summed E-state index contributed by atoms with van der Waals surface area (Å²) in [5, 5.41) is 0. The van der Waals surface area contributed by atoms with Crippen LogP contribution in [-0.2, 0) is 28.8 Å². The normalized spacial score (nSPS) is 13.1. The first-order chi connectivity index (χ1) is 12.8. The van der Waals surface area contributed by atoms with Crippen molar-refractivity contribution in [3.8, 4) is 5.75 Å². The number of halogens is 1. The van der Waals surface area contributed by atoms with Crippen molar-refractivity contribution in [1.82, 2.24) is 0 Å². The lowest BCUT2D eigenvalue weighted by Crippen LogP contribution is -2.19. The lowest BCUT2D eigenvalue weighted by molar-refractivity contribution is 0.124. The fraction of sp³-hybridized carbons (Fsp3) is 0.381. The molecule has 0 aromatic heterocycles. The zero-order valence-corrected chi connectivity index (χ0v) is 17.0. The van der Waals surface area contributed by atoms with Crippen molar-refractivity contribution in [1.29, 1.82) is 0 Å². The van der Waals surface area contributed by atoms with Gasteiger partial charge in [0, 0.05) is 6.21 Å². The van der Waals surface area contributed by atoms with Gasteiger partial charge in [-0.05, 0) is 68.1 Å². The van der Waals surface area contributed by atoms with Crippen molar-refractivity contribution in [2.45, 2.75) is 38.5 Å². The molecule has 0 aliphatic rings. The van der Waals surface area contributed by atoms with Crippen LogP contribution in [0.4, 0.5) is 4.39 Å². The van der Waals surface area contributed by atoms with E-state index in [-0.39, 0.29) is 5.82 Å². The Labute approximate surface area is 163 Å². The molecule has 1 atom stereocenters. The average molecular weight is 392 g/mol. The molecule has 0 amide bonds. The maximum atomic E-state index is 13.6. The zero-order valence-electron chi connectivity index (χ0n) is 16.2. The maximum Gasteiger partial charge on any atom is 0.144 e. The summed E-state index contributed by atoms with van der Waals surface area (Å²) in [4.78, 5) is 0. The summed E-state index contributed by atoms with van der Waals surface area (Å²) in [5.41, 5.74) is 2.58. The highest BCUT2D eigenvalue weighted by molar-refractivity contribution is 7.85. The van der Waals surface area contributed by atoms with Gasteiger partial charge in [0.05, 0.1) is 25.1 Å². The Morgan fingerprint density at radius 1 is 1.15 bits per heavy atom. The van der Waals surface area contributed by atoms with Crippen LogP contribution in [-0.4, -0.2) is 28.9 Å². The summed E-state index contributed by atoms with van der Waals surface area (Å²) >= 11 is 0. The molecule has 0 spiro atoms. The Kier molecular flexibility index (Phi) is 7.68. The zero-order chi connectivity index (χ0) is 19.9. The number of benzene rings is 2. The molecule has 0 saturated carbocycles. The lowest BCUT2D eigenvalue weighted by atomic mass is 10.1. The molecule has 0 N–H and O–H groups in total. The van der Waals surface area contributed by atoms with Gasteiger partial charge >= 0.3 is 0 Å². The van der Waals surface area contributed by atoms with Gasteiger partial charge < -0.3 is 9.47 Å². The average Bonchev–Trinajstić information content (AvgIpc) is 2.64. The van der Waals surface area contributed by atoms with E-state index in [1.54, 1.807) is 13.2 Å². The third-order valence-electron chi connectivity index (χ3n) is 3.86. The Morgan fingerprint density at radius 3 is 2.48 bits per heavy atom. The molecule has 27 heavy (non-hydrogen) atoms. The van der Waals surface area contributed by atoms with E-state index in [1.165, 1.54) is 18.3 Å². The molecular weight excluding hydrogens is 365 g/mol. The summed E-state index contributed by atoms with van der Waals surface area (Å²) in [6.07, 6.45) is 2.10. The van der Waals surface area contributed by atoms with E-state index in [0.29, 0.717) is 25.2 Å². The van der Waals surface area contributed by atoms with Crippen molar-refractivity contribution in [3.05, 3.63) is 65.0 Å². The molecule has 6 heteroatoms. The predicted molar refractivity (Wildman–Crippen MR) is 108 cm³/mol. The van der Waals surface area contributed by atoms with E-state index >= 15 is 0 Å². The van der Waals surface area contributed by atoms with Gasteiger partial charge in [0.1, 0.15) is 22.6 Å². The highest BCUT2D eigenvalue weighted by atomic mass is 32.2. The second-order valence-electron chi connectivity index (χ2n) is 7.09. The molecule has 0 radical (unpaired) electrons. The molecule has 0 aliphatic heterocycles. The first-order valence-corrected chi connectivity index (χ1v) is 9.85. The molecule has 0 fully saturated rings. The van der Waals surface area contributed by atoms with Gasteiger partial charge in [-0.1, -0.05) is 18.2 Å². The molecule has 2 aromatic carbocycles. The number of nitrogens with zero attached hydrogens (tertiary/aromatic N) is 1. The molecule has 0 bridgehead atoms. The smallest absolute Gasteiger partial charge is 0.144 e. The number of rotatable bonds is 8. The second-order valence-corrected chi connectivity index (χ2v) is 9.02. The minimum Gasteiger partial charge on any atom is -0.497 e. The van der Waals surface area contributed by atoms with Crippen LogP contribution in [0.2, 0.25) is 0 Å². The van der Waals surface area contributed by atoms with Crippen molar-refractivity contribution < 1.29 is 18.1 Å². The van der Waals surface area contributed by atoms with Crippen molar-refractivity contribution >= 4 is 17.2 Å². The van der Waals surface area contributed by atoms with Crippen LogP contribution in [0.25, 0.3) is 0 Å². The fourth-order valence-corrected chi connectivity index (χ4v) is 2.80. The van der Waals surface area contributed by atoms with Gasteiger partial charge in [0.2, 0.25) is 0 Å². The topological polar surface area (TPSA) is 47.9 Å². The van der Waals surface area contributed by atoms with Gasteiger partial charge in [0.25, 0.3) is 0 Å². The van der Waals surface area contributed by atoms with E-state index in [9.17, 15) is 8.60 Å². The van der Waals surface area contributed by atoms with E-state index in [1.807, 2.05) is 45.0 Å². The molecular formula is C21H26FNO3S. The summed E-state index contributed by atoms with van der Waals surface area (Å²) in [5.74, 6) is 0.461. The quantitative estimate of drug-likeness (QED) is 0.493. The van der Waals surface area contributed by atoms with Crippen LogP contribution in [0.5, 0.6) is 5.75 Å². The first-order valence-electron chi connectivity index (χ1n) is 8.75. The summed E-state index contributed by atoms with van der Waals surface area (Å²) in [6.45, 7) is 6.52. The third kappa shape index (κ3) is 6.88. The Bertz CT molecular complexity index is 798. The highest BCUT2D eigenvalue weighted by Crippen LogP contribution is 2.15. The van der Waals surface area contributed by atoms with E-state index in [0.717, 1.165) is 16.9 Å². The fourth-order valence-electron chi connectivity index (χ4n) is 2.27. The van der Waals surface area contributed by atoms with Crippen molar-refractivity contribution in [2.75, 3.05) is 13.7 Å². The number of hydrogen-bond acceptors (Lipinski definition) is 3. The molecule has 2 aromatic rings. The van der Waals surface area contributed by atoms with E-state index in [4.69, 9.17) is 9.47 Å². The van der Waals surface area contributed by atoms with Crippen LogP contribution in [0.3, 0.4) is 0 Å². The summed E-state index contributed by atoms with van der Waals surface area (Å²) in [6, 6.07) is 12.2. The SMILES string of the molecule is COc1ccc(COCCc2ccc(F)cc2C=N[S@](=O)C(C)(C)C)cc1. The van der Waals surface area contributed by atoms with Gasteiger partial charge in [-0.2, -0.15) is 4.40 Å². The predicted octanol–water partition coefficient (Wildman–Crippen LogP) is 4.47. The molecule has 146 valence electrons. The standard InChI is InChI=1S/C21H26FNO3S/c1-21(2,3)27(24)23-14-18-13-19(22)8-7-17(18)11-12-26-15-16-5-9-20(25-4)10-6-16/h5-10,13-14H,11-12,15H2,1-4H3/t27-/m1/s1. The van der Waals surface area contributed by atoms with Gasteiger partial charge in [-0.15, -0.1) is 0 Å². The van der Waals surface area contributed by atoms with Crippen LogP contribution < -0.4 is 4.74 Å². The molecule has 0 aliphatic carbocycles. The van der Waals surface area contributed by atoms with E-state index in [2.05, 4.69) is 4.40 Å². The molecule has 0 heterocycles. The van der Waals surface area contributed by atoms with Gasteiger partial charge in [0.15, 0.2) is 0 Å². The van der Waals surface area contributed by atoms with Gasteiger partial charge in [-0.25, -0.2) is 8.60 Å². The van der Waals surface area contributed by atoms with Crippen molar-refractivity contribution in [3.63, 3.8) is 0 Å². The lowest BCUT2D eigenvalue weighted by Gasteiger charge is -2.13. The molecule has 4 nitrogen and oxygen atoms in total. The van der Waals surface area contributed by atoms with Crippen LogP contribution in [0.15, 0.2) is 46.9 Å². The van der Waals surface area contributed by atoms with Crippen LogP contribution in [0.1, 0.15) is 37.5 Å². The minimum atomic E-state index is -1.38. The minimum absolute atomic E-state index is 0.346. The molecule has 0 unspecified atom stereocenters. The first kappa shape index (κ1) is 21.3. The Hall–Kier alpha value is -2.05. The Balaban J connectivity index is 1.95. The maximum absolute atomic E-state index is 13.6. The van der Waals surface area contributed by atoms with Gasteiger partial charge in [-0.3, -0.25) is 0 Å². The molecule has 2 rings (SSSR count). The number of methoxy groups -OCH3 is 1.